The van der Waals surface area contributed by atoms with Crippen molar-refractivity contribution < 1.29 is 13.2 Å². The average molecular weight is 409 g/mol. The summed E-state index contributed by atoms with van der Waals surface area (Å²) in [5.74, 6) is -0.494. The molecule has 9 nitrogen and oxygen atoms in total. The van der Waals surface area contributed by atoms with Crippen LogP contribution in [-0.2, 0) is 28.4 Å². The van der Waals surface area contributed by atoms with E-state index in [1.807, 2.05) is 31.6 Å². The van der Waals surface area contributed by atoms with Crippen LogP contribution in [0.5, 0.6) is 0 Å². The van der Waals surface area contributed by atoms with E-state index in [2.05, 4.69) is 15.5 Å². The van der Waals surface area contributed by atoms with Crippen molar-refractivity contribution >= 4 is 15.9 Å². The Balaban J connectivity index is 1.68. The van der Waals surface area contributed by atoms with Gasteiger partial charge < -0.3 is 5.32 Å². The Kier molecular flexibility index (Phi) is 5.90. The van der Waals surface area contributed by atoms with Gasteiger partial charge in [0, 0.05) is 44.6 Å². The number of carbonyl (C=O) groups is 1. The van der Waals surface area contributed by atoms with Crippen LogP contribution >= 0.6 is 0 Å². The van der Waals surface area contributed by atoms with Crippen molar-refractivity contribution in [2.45, 2.75) is 51.1 Å². The quantitative estimate of drug-likeness (QED) is 0.774. The monoisotopic (exact) mass is 408 g/mol. The van der Waals surface area contributed by atoms with Crippen molar-refractivity contribution in [1.82, 2.24) is 29.2 Å². The summed E-state index contributed by atoms with van der Waals surface area (Å²) in [6.07, 6.45) is 6.09. The van der Waals surface area contributed by atoms with Crippen molar-refractivity contribution in [2.75, 3.05) is 13.1 Å². The van der Waals surface area contributed by atoms with Gasteiger partial charge in [0.2, 0.25) is 15.9 Å². The van der Waals surface area contributed by atoms with Gasteiger partial charge >= 0.3 is 0 Å². The molecule has 0 radical (unpaired) electrons. The lowest BCUT2D eigenvalue weighted by Gasteiger charge is -2.31. The highest BCUT2D eigenvalue weighted by molar-refractivity contribution is 7.89. The molecule has 2 aromatic rings. The fraction of sp³-hybridized carbons (Fsp3) is 0.611. The Morgan fingerprint density at radius 1 is 1.39 bits per heavy atom. The Bertz CT molecular complexity index is 948. The van der Waals surface area contributed by atoms with Crippen LogP contribution in [-0.4, -0.2) is 51.3 Å². The molecule has 0 unspecified atom stereocenters. The molecule has 1 aliphatic rings. The molecule has 2 aromatic heterocycles. The van der Waals surface area contributed by atoms with Crippen molar-refractivity contribution in [3.05, 3.63) is 29.8 Å². The van der Waals surface area contributed by atoms with Crippen LogP contribution in [0, 0.1) is 12.8 Å². The van der Waals surface area contributed by atoms with Crippen molar-refractivity contribution in [1.29, 1.82) is 0 Å². The van der Waals surface area contributed by atoms with Gasteiger partial charge in [-0.2, -0.15) is 14.5 Å². The molecule has 3 heterocycles. The SMILES string of the molecule is CCn1cc([C@@H](C)NC(=O)[C@H]2CCCN(S(=O)(=O)c3cnn(C)c3)C2)c(C)n1. The molecule has 1 saturated heterocycles. The van der Waals surface area contributed by atoms with Crippen molar-refractivity contribution in [2.24, 2.45) is 13.0 Å². The van der Waals surface area contributed by atoms with Crippen LogP contribution in [0.3, 0.4) is 0 Å². The van der Waals surface area contributed by atoms with Gasteiger partial charge in [-0.1, -0.05) is 0 Å². The number of aryl methyl sites for hydroxylation is 3. The van der Waals surface area contributed by atoms with Crippen LogP contribution in [0.2, 0.25) is 0 Å². The fourth-order valence-electron chi connectivity index (χ4n) is 3.59. The molecule has 2 atom stereocenters. The van der Waals surface area contributed by atoms with Gasteiger partial charge in [-0.05, 0) is 33.6 Å². The number of amides is 1. The molecular formula is C18H28N6O3S. The molecular weight excluding hydrogens is 380 g/mol. The van der Waals surface area contributed by atoms with Gasteiger partial charge in [-0.25, -0.2) is 8.42 Å². The number of hydrogen-bond acceptors (Lipinski definition) is 5. The summed E-state index contributed by atoms with van der Waals surface area (Å²) in [7, 11) is -1.96. The molecule has 28 heavy (non-hydrogen) atoms. The second-order valence-electron chi connectivity index (χ2n) is 7.31. The Morgan fingerprint density at radius 3 is 2.75 bits per heavy atom. The van der Waals surface area contributed by atoms with Crippen LogP contribution in [0.15, 0.2) is 23.5 Å². The predicted octanol–water partition coefficient (Wildman–Crippen LogP) is 1.22. The standard InChI is InChI=1S/C18H28N6O3S/c1-5-23-12-17(14(3)21-23)13(2)20-18(25)15-7-6-8-24(10-15)28(26,27)16-9-19-22(4)11-16/h9,11-13,15H,5-8,10H2,1-4H3,(H,20,25)/t13-,15+/m1/s1. The fourth-order valence-corrected chi connectivity index (χ4v) is 5.10. The number of aromatic nitrogens is 4. The van der Waals surface area contributed by atoms with Crippen LogP contribution < -0.4 is 5.32 Å². The van der Waals surface area contributed by atoms with Gasteiger partial charge in [0.15, 0.2) is 0 Å². The highest BCUT2D eigenvalue weighted by atomic mass is 32.2. The largest absolute Gasteiger partial charge is 0.349 e. The molecule has 1 aliphatic heterocycles. The molecule has 154 valence electrons. The topological polar surface area (TPSA) is 102 Å². The minimum absolute atomic E-state index is 0.123. The summed E-state index contributed by atoms with van der Waals surface area (Å²) < 4.78 is 30.3. The third-order valence-corrected chi connectivity index (χ3v) is 7.03. The maximum Gasteiger partial charge on any atom is 0.246 e. The van der Waals surface area contributed by atoms with E-state index < -0.39 is 10.0 Å². The lowest BCUT2D eigenvalue weighted by molar-refractivity contribution is -0.126. The van der Waals surface area contributed by atoms with Crippen LogP contribution in [0.1, 0.15) is 44.0 Å². The van der Waals surface area contributed by atoms with Gasteiger partial charge in [-0.15, -0.1) is 0 Å². The van der Waals surface area contributed by atoms with Gasteiger partial charge in [-0.3, -0.25) is 14.2 Å². The summed E-state index contributed by atoms with van der Waals surface area (Å²) in [5.41, 5.74) is 1.87. The number of piperidine rings is 1. The number of nitrogens with zero attached hydrogens (tertiary/aromatic N) is 5. The smallest absolute Gasteiger partial charge is 0.246 e. The van der Waals surface area contributed by atoms with E-state index in [-0.39, 0.29) is 29.3 Å². The normalized spacial score (nSPS) is 19.5. The Hall–Kier alpha value is -2.20. The highest BCUT2D eigenvalue weighted by Gasteiger charge is 2.34. The molecule has 1 amide bonds. The first-order valence-corrected chi connectivity index (χ1v) is 11.0. The van der Waals surface area contributed by atoms with E-state index in [9.17, 15) is 13.2 Å². The van der Waals surface area contributed by atoms with E-state index in [4.69, 9.17) is 0 Å². The lowest BCUT2D eigenvalue weighted by Crippen LogP contribution is -2.45. The molecule has 3 rings (SSSR count). The summed E-state index contributed by atoms with van der Waals surface area (Å²) in [5, 5.41) is 11.4. The van der Waals surface area contributed by atoms with Crippen molar-refractivity contribution in [3.63, 3.8) is 0 Å². The number of hydrogen-bond donors (Lipinski definition) is 1. The van der Waals surface area contributed by atoms with Crippen molar-refractivity contribution in [3.8, 4) is 0 Å². The molecule has 0 saturated carbocycles. The second-order valence-corrected chi connectivity index (χ2v) is 9.25. The Morgan fingerprint density at radius 2 is 2.14 bits per heavy atom. The number of sulfonamides is 1. The lowest BCUT2D eigenvalue weighted by atomic mass is 9.98. The van der Waals surface area contributed by atoms with E-state index >= 15 is 0 Å². The number of carbonyl (C=O) groups excluding carboxylic acids is 1. The van der Waals surface area contributed by atoms with E-state index in [1.54, 1.807) is 7.05 Å². The molecule has 0 aromatic carbocycles. The van der Waals surface area contributed by atoms with Gasteiger partial charge in [0.1, 0.15) is 4.90 Å². The van der Waals surface area contributed by atoms with E-state index in [0.29, 0.717) is 19.4 Å². The van der Waals surface area contributed by atoms with E-state index in [0.717, 1.165) is 17.8 Å². The molecule has 1 fully saturated rings. The summed E-state index contributed by atoms with van der Waals surface area (Å²) >= 11 is 0. The molecule has 0 spiro atoms. The first-order valence-electron chi connectivity index (χ1n) is 9.55. The molecule has 10 heteroatoms. The average Bonchev–Trinajstić information content (AvgIpc) is 3.27. The maximum absolute atomic E-state index is 12.8. The zero-order valence-electron chi connectivity index (χ0n) is 16.8. The summed E-state index contributed by atoms with van der Waals surface area (Å²) in [6, 6.07) is -0.182. The third-order valence-electron chi connectivity index (χ3n) is 5.21. The first-order chi connectivity index (χ1) is 13.2. The zero-order chi connectivity index (χ0) is 20.5. The van der Waals surface area contributed by atoms with Gasteiger partial charge in [0.05, 0.1) is 23.9 Å². The Labute approximate surface area is 165 Å². The van der Waals surface area contributed by atoms with Gasteiger partial charge in [0.25, 0.3) is 0 Å². The zero-order valence-corrected chi connectivity index (χ0v) is 17.6. The minimum atomic E-state index is -3.64. The predicted molar refractivity (Wildman–Crippen MR) is 104 cm³/mol. The summed E-state index contributed by atoms with van der Waals surface area (Å²) in [4.78, 5) is 13.0. The number of rotatable bonds is 6. The summed E-state index contributed by atoms with van der Waals surface area (Å²) in [6.45, 7) is 7.23. The number of nitrogens with one attached hydrogen (secondary N) is 1. The highest BCUT2D eigenvalue weighted by Crippen LogP contribution is 2.25. The minimum Gasteiger partial charge on any atom is -0.349 e. The molecule has 0 aliphatic carbocycles. The third kappa shape index (κ3) is 4.12. The van der Waals surface area contributed by atoms with Crippen LogP contribution in [0.25, 0.3) is 0 Å². The molecule has 1 N–H and O–H groups in total. The maximum atomic E-state index is 12.8. The van der Waals surface area contributed by atoms with E-state index in [1.165, 1.54) is 21.4 Å². The molecule has 0 bridgehead atoms. The second kappa shape index (κ2) is 8.04. The first kappa shape index (κ1) is 20.5. The van der Waals surface area contributed by atoms with Crippen LogP contribution in [0.4, 0.5) is 0 Å².